The molecule has 0 aliphatic heterocycles. The van der Waals surface area contributed by atoms with Crippen molar-refractivity contribution in [2.75, 3.05) is 11.9 Å². The van der Waals surface area contributed by atoms with Gasteiger partial charge in [0.1, 0.15) is 0 Å². The van der Waals surface area contributed by atoms with Crippen molar-refractivity contribution in [1.29, 1.82) is 0 Å². The molecule has 0 N–H and O–H groups in total. The smallest absolute Gasteiger partial charge is 0.223 e. The Balaban J connectivity index is 2.36. The highest BCUT2D eigenvalue weighted by molar-refractivity contribution is 6.33. The van der Waals surface area contributed by atoms with Crippen molar-refractivity contribution in [2.24, 2.45) is 0 Å². The van der Waals surface area contributed by atoms with Crippen molar-refractivity contribution < 1.29 is 0 Å². The molecule has 17 heavy (non-hydrogen) atoms. The molecule has 0 saturated heterocycles. The average molecular weight is 268 g/mol. The van der Waals surface area contributed by atoms with E-state index in [0.29, 0.717) is 5.15 Å². The molecule has 0 radical (unpaired) electrons. The minimum absolute atomic E-state index is 0.149. The molecule has 1 aromatic carbocycles. The minimum Gasteiger partial charge on any atom is -0.341 e. The average Bonchev–Trinajstić information content (AvgIpc) is 2.29. The van der Waals surface area contributed by atoms with Gasteiger partial charge in [0.05, 0.1) is 11.9 Å². The number of benzene rings is 1. The summed E-state index contributed by atoms with van der Waals surface area (Å²) in [5.41, 5.74) is 2.95. The first-order chi connectivity index (χ1) is 8.08. The molecule has 0 fully saturated rings. The Hall–Kier alpha value is -1.32. The van der Waals surface area contributed by atoms with E-state index in [4.69, 9.17) is 23.2 Å². The number of aromatic nitrogens is 2. The number of aryl methyl sites for hydroxylation is 1. The number of nitrogens with zero attached hydrogens (tertiary/aromatic N) is 3. The Morgan fingerprint density at radius 2 is 1.76 bits per heavy atom. The molecule has 1 heterocycles. The highest BCUT2D eigenvalue weighted by atomic mass is 35.5. The quantitative estimate of drug-likeness (QED) is 0.611. The van der Waals surface area contributed by atoms with Crippen molar-refractivity contribution in [3.63, 3.8) is 0 Å². The van der Waals surface area contributed by atoms with Gasteiger partial charge in [-0.15, -0.1) is 0 Å². The van der Waals surface area contributed by atoms with Gasteiger partial charge in [0, 0.05) is 12.7 Å². The first kappa shape index (κ1) is 12.1. The van der Waals surface area contributed by atoms with E-state index in [1.54, 1.807) is 6.20 Å². The molecule has 0 atom stereocenters. The third-order valence-electron chi connectivity index (χ3n) is 2.48. The highest BCUT2D eigenvalue weighted by Crippen LogP contribution is 2.29. The zero-order valence-corrected chi connectivity index (χ0v) is 11.0. The van der Waals surface area contributed by atoms with Gasteiger partial charge in [-0.2, -0.15) is 0 Å². The number of hydrogen-bond acceptors (Lipinski definition) is 3. The summed E-state index contributed by atoms with van der Waals surface area (Å²) in [6.07, 6.45) is 1.61. The van der Waals surface area contributed by atoms with Crippen LogP contribution < -0.4 is 4.90 Å². The maximum Gasteiger partial charge on any atom is 0.223 e. The summed E-state index contributed by atoms with van der Waals surface area (Å²) < 4.78 is 0. The molecular formula is C12H11Cl2N3. The lowest BCUT2D eigenvalue weighted by atomic mass is 10.2. The van der Waals surface area contributed by atoms with Crippen LogP contribution in [-0.4, -0.2) is 17.0 Å². The van der Waals surface area contributed by atoms with E-state index in [0.717, 1.165) is 11.4 Å². The number of halogens is 2. The molecule has 0 spiro atoms. The van der Waals surface area contributed by atoms with Gasteiger partial charge in [0.15, 0.2) is 5.15 Å². The first-order valence-corrected chi connectivity index (χ1v) is 5.82. The fraction of sp³-hybridized carbons (Fsp3) is 0.167. The van der Waals surface area contributed by atoms with Gasteiger partial charge in [-0.25, -0.2) is 9.97 Å². The Labute approximate surface area is 110 Å². The molecule has 0 unspecified atom stereocenters. The first-order valence-electron chi connectivity index (χ1n) is 5.06. The minimum atomic E-state index is 0.149. The van der Waals surface area contributed by atoms with Crippen LogP contribution >= 0.6 is 23.2 Å². The summed E-state index contributed by atoms with van der Waals surface area (Å²) in [6, 6.07) is 8.10. The zero-order chi connectivity index (χ0) is 12.4. The monoisotopic (exact) mass is 267 g/mol. The van der Waals surface area contributed by atoms with E-state index < -0.39 is 0 Å². The predicted octanol–water partition coefficient (Wildman–Crippen LogP) is 3.86. The molecule has 0 aliphatic rings. The second kappa shape index (κ2) is 4.90. The number of rotatable bonds is 2. The summed E-state index contributed by atoms with van der Waals surface area (Å²) in [5, 5.41) is 0.490. The van der Waals surface area contributed by atoms with Gasteiger partial charge in [0.2, 0.25) is 5.28 Å². The fourth-order valence-corrected chi connectivity index (χ4v) is 1.90. The molecule has 0 saturated carbocycles. The van der Waals surface area contributed by atoms with Crippen LogP contribution in [-0.2, 0) is 0 Å². The standard InChI is InChI=1S/C12H11Cl2N3/c1-8-3-5-9(6-4-8)17(2)10-7-15-12(14)16-11(10)13/h3-7H,1-2H3. The molecule has 1 aromatic heterocycles. The predicted molar refractivity (Wildman–Crippen MR) is 71.3 cm³/mol. The van der Waals surface area contributed by atoms with E-state index >= 15 is 0 Å². The summed E-state index contributed by atoms with van der Waals surface area (Å²) in [5.74, 6) is 0. The van der Waals surface area contributed by atoms with E-state index in [1.807, 2.05) is 43.1 Å². The maximum atomic E-state index is 6.03. The molecule has 2 aromatic rings. The Morgan fingerprint density at radius 3 is 2.35 bits per heavy atom. The lowest BCUT2D eigenvalue weighted by Gasteiger charge is -2.19. The SMILES string of the molecule is Cc1ccc(N(C)c2cnc(Cl)nc2Cl)cc1. The molecule has 88 valence electrons. The zero-order valence-electron chi connectivity index (χ0n) is 9.48. The third-order valence-corrected chi connectivity index (χ3v) is 2.94. The summed E-state index contributed by atoms with van der Waals surface area (Å²) >= 11 is 11.7. The number of hydrogen-bond donors (Lipinski definition) is 0. The summed E-state index contributed by atoms with van der Waals surface area (Å²) in [7, 11) is 1.91. The van der Waals surface area contributed by atoms with Crippen LogP contribution in [0.2, 0.25) is 10.4 Å². The van der Waals surface area contributed by atoms with Crippen molar-refractivity contribution in [2.45, 2.75) is 6.92 Å². The lowest BCUT2D eigenvalue weighted by molar-refractivity contribution is 1.11. The van der Waals surface area contributed by atoms with Gasteiger partial charge >= 0.3 is 0 Å². The molecule has 2 rings (SSSR count). The van der Waals surface area contributed by atoms with Gasteiger partial charge < -0.3 is 4.90 Å². The maximum absolute atomic E-state index is 6.03. The van der Waals surface area contributed by atoms with Crippen LogP contribution in [0, 0.1) is 6.92 Å². The molecule has 5 heteroatoms. The van der Waals surface area contributed by atoms with Crippen LogP contribution in [0.25, 0.3) is 0 Å². The molecule has 0 amide bonds. The third kappa shape index (κ3) is 2.68. The van der Waals surface area contributed by atoms with Crippen LogP contribution in [0.1, 0.15) is 5.56 Å². The Kier molecular flexibility index (Phi) is 3.50. The molecule has 3 nitrogen and oxygen atoms in total. The van der Waals surface area contributed by atoms with Gasteiger partial charge in [-0.05, 0) is 30.7 Å². The van der Waals surface area contributed by atoms with Gasteiger partial charge in [-0.1, -0.05) is 29.3 Å². The van der Waals surface area contributed by atoms with Crippen molar-refractivity contribution >= 4 is 34.6 Å². The fourth-order valence-electron chi connectivity index (χ4n) is 1.47. The molecular weight excluding hydrogens is 257 g/mol. The largest absolute Gasteiger partial charge is 0.341 e. The van der Waals surface area contributed by atoms with Crippen molar-refractivity contribution in [1.82, 2.24) is 9.97 Å². The Morgan fingerprint density at radius 1 is 1.12 bits per heavy atom. The van der Waals surface area contributed by atoms with Gasteiger partial charge in [-0.3, -0.25) is 0 Å². The van der Waals surface area contributed by atoms with Gasteiger partial charge in [0.25, 0.3) is 0 Å². The van der Waals surface area contributed by atoms with Crippen LogP contribution in [0.5, 0.6) is 0 Å². The Bertz CT molecular complexity index is 526. The second-order valence-electron chi connectivity index (χ2n) is 3.71. The van der Waals surface area contributed by atoms with Crippen LogP contribution in [0.4, 0.5) is 11.4 Å². The topological polar surface area (TPSA) is 29.0 Å². The van der Waals surface area contributed by atoms with E-state index in [-0.39, 0.29) is 5.28 Å². The van der Waals surface area contributed by atoms with Crippen molar-refractivity contribution in [3.8, 4) is 0 Å². The molecule has 0 aliphatic carbocycles. The van der Waals surface area contributed by atoms with E-state index in [2.05, 4.69) is 9.97 Å². The highest BCUT2D eigenvalue weighted by Gasteiger charge is 2.10. The summed E-state index contributed by atoms with van der Waals surface area (Å²) in [6.45, 7) is 2.04. The second-order valence-corrected chi connectivity index (χ2v) is 4.41. The van der Waals surface area contributed by atoms with Crippen LogP contribution in [0.3, 0.4) is 0 Å². The lowest BCUT2D eigenvalue weighted by Crippen LogP contribution is -2.11. The normalized spacial score (nSPS) is 10.4. The molecule has 0 bridgehead atoms. The van der Waals surface area contributed by atoms with E-state index in [9.17, 15) is 0 Å². The summed E-state index contributed by atoms with van der Waals surface area (Å²) in [4.78, 5) is 9.76. The number of anilines is 2. The van der Waals surface area contributed by atoms with Crippen molar-refractivity contribution in [3.05, 3.63) is 46.5 Å². The van der Waals surface area contributed by atoms with E-state index in [1.165, 1.54) is 5.56 Å². The van der Waals surface area contributed by atoms with Crippen LogP contribution in [0.15, 0.2) is 30.5 Å².